The molecule has 2 N–H and O–H groups in total. The van der Waals surface area contributed by atoms with Gasteiger partial charge >= 0.3 is 0 Å². The van der Waals surface area contributed by atoms with Crippen molar-refractivity contribution in [3.8, 4) is 0 Å². The number of anilines is 1. The summed E-state index contributed by atoms with van der Waals surface area (Å²) in [5.74, 6) is -0.0553. The number of carbonyl (C=O) groups excluding carboxylic acids is 1. The molecule has 0 aliphatic rings. The molecule has 0 radical (unpaired) electrons. The molecule has 13 heteroatoms. The van der Waals surface area contributed by atoms with E-state index in [4.69, 9.17) is 9.90 Å². The zero-order chi connectivity index (χ0) is 20.8. The van der Waals surface area contributed by atoms with Crippen LogP contribution in [0.25, 0.3) is 5.78 Å². The highest BCUT2D eigenvalue weighted by Gasteiger charge is 2.16. The van der Waals surface area contributed by atoms with Crippen molar-refractivity contribution in [2.45, 2.75) is 26.8 Å². The monoisotopic (exact) mass is 415 g/mol. The maximum atomic E-state index is 12.3. The summed E-state index contributed by atoms with van der Waals surface area (Å²) in [5, 5.41) is 27.4. The van der Waals surface area contributed by atoms with Crippen LogP contribution in [-0.2, 0) is 17.8 Å². The summed E-state index contributed by atoms with van der Waals surface area (Å²) in [6, 6.07) is 3.74. The molecule has 29 heavy (non-hydrogen) atoms. The fourth-order valence-corrected chi connectivity index (χ4v) is 3.21. The molecule has 0 bridgehead atoms. The van der Waals surface area contributed by atoms with Crippen LogP contribution in [-0.4, -0.2) is 57.0 Å². The van der Waals surface area contributed by atoms with Crippen LogP contribution in [0.15, 0.2) is 24.5 Å². The Morgan fingerprint density at radius 2 is 2.10 bits per heavy atom. The number of aryl methyl sites for hydroxylation is 4. The summed E-state index contributed by atoms with van der Waals surface area (Å²) in [7, 11) is 0. The molecule has 4 aromatic heterocycles. The molecule has 0 spiro atoms. The van der Waals surface area contributed by atoms with Crippen LogP contribution in [0.1, 0.15) is 27.0 Å². The smallest absolute Gasteiger partial charge is 0.297 e. The van der Waals surface area contributed by atoms with Gasteiger partial charge in [-0.1, -0.05) is 11.3 Å². The molecular weight excluding hydrogens is 398 g/mol. The molecule has 0 unspecified atom stereocenters. The number of carbonyl (C=O) groups is 2. The fourth-order valence-electron chi connectivity index (χ4n) is 2.49. The summed E-state index contributed by atoms with van der Waals surface area (Å²) in [6.07, 6.45) is 3.95. The van der Waals surface area contributed by atoms with Crippen molar-refractivity contribution in [3.05, 3.63) is 46.7 Å². The molecule has 0 saturated heterocycles. The molecule has 0 saturated carbocycles. The zero-order valence-electron chi connectivity index (χ0n) is 15.6. The maximum absolute atomic E-state index is 12.3. The number of carboxylic acid groups (broad SMARTS) is 1. The van der Waals surface area contributed by atoms with Crippen LogP contribution < -0.4 is 5.32 Å². The molecule has 0 fully saturated rings. The van der Waals surface area contributed by atoms with E-state index in [0.29, 0.717) is 23.9 Å². The fraction of sp³-hybridized carbons (Fsp3) is 0.250. The molecule has 0 aromatic carbocycles. The first-order chi connectivity index (χ1) is 14.0. The van der Waals surface area contributed by atoms with Crippen LogP contribution >= 0.6 is 11.3 Å². The maximum Gasteiger partial charge on any atom is 0.297 e. The van der Waals surface area contributed by atoms with E-state index in [2.05, 4.69) is 35.7 Å². The lowest BCUT2D eigenvalue weighted by Gasteiger charge is -2.01. The van der Waals surface area contributed by atoms with Crippen LogP contribution in [0.5, 0.6) is 0 Å². The SMILES string of the molecule is Cc1cc(C)n(CCc2nnc(NC(=O)c3nc4ncccn4n3)s2)n1.O=CO. The molecule has 150 valence electrons. The van der Waals surface area contributed by atoms with E-state index in [1.54, 1.807) is 18.5 Å². The number of hydrogen-bond donors (Lipinski definition) is 2. The Kier molecular flexibility index (Phi) is 6.19. The Labute approximate surface area is 168 Å². The van der Waals surface area contributed by atoms with E-state index in [9.17, 15) is 4.79 Å². The molecule has 4 heterocycles. The van der Waals surface area contributed by atoms with Gasteiger partial charge in [-0.25, -0.2) is 9.50 Å². The Balaban J connectivity index is 0.000000755. The third-order valence-electron chi connectivity index (χ3n) is 3.65. The lowest BCUT2D eigenvalue weighted by atomic mass is 10.4. The van der Waals surface area contributed by atoms with Crippen molar-refractivity contribution in [2.75, 3.05) is 5.32 Å². The highest BCUT2D eigenvalue weighted by atomic mass is 32.1. The second kappa shape index (κ2) is 8.97. The Bertz CT molecular complexity index is 1100. The summed E-state index contributed by atoms with van der Waals surface area (Å²) in [6.45, 7) is 4.44. The van der Waals surface area contributed by atoms with Crippen LogP contribution in [0.4, 0.5) is 5.13 Å². The van der Waals surface area contributed by atoms with E-state index >= 15 is 0 Å². The number of nitrogens with zero attached hydrogens (tertiary/aromatic N) is 8. The third-order valence-corrected chi connectivity index (χ3v) is 4.55. The van der Waals surface area contributed by atoms with Gasteiger partial charge in [-0.2, -0.15) is 10.1 Å². The standard InChI is InChI=1S/C15H15N9OS.CH2O2/c1-9-8-10(2)23(21-9)7-4-11-19-20-15(26-11)18-13(25)12-17-14-16-5-3-6-24(14)22-12;2-1-3/h3,5-6,8H,4,7H2,1-2H3,(H,18,20,25);1H,(H,2,3). The van der Waals surface area contributed by atoms with Crippen molar-refractivity contribution in [2.24, 2.45) is 0 Å². The molecule has 4 aromatic rings. The Morgan fingerprint density at radius 3 is 2.79 bits per heavy atom. The first kappa shape index (κ1) is 20.0. The normalized spacial score (nSPS) is 10.4. The van der Waals surface area contributed by atoms with Crippen molar-refractivity contribution >= 4 is 34.6 Å². The molecule has 0 aliphatic heterocycles. The average Bonchev–Trinajstić information content (AvgIpc) is 3.39. The van der Waals surface area contributed by atoms with Crippen molar-refractivity contribution in [3.63, 3.8) is 0 Å². The predicted octanol–water partition coefficient (Wildman–Crippen LogP) is 0.985. The van der Waals surface area contributed by atoms with E-state index in [0.717, 1.165) is 16.4 Å². The first-order valence-electron chi connectivity index (χ1n) is 8.40. The second-order valence-electron chi connectivity index (χ2n) is 5.76. The minimum atomic E-state index is -0.447. The minimum absolute atomic E-state index is 0.0306. The number of fused-ring (bicyclic) bond motifs is 1. The van der Waals surface area contributed by atoms with Crippen molar-refractivity contribution in [1.29, 1.82) is 0 Å². The van der Waals surface area contributed by atoms with E-state index in [1.807, 2.05) is 24.6 Å². The highest BCUT2D eigenvalue weighted by molar-refractivity contribution is 7.15. The number of nitrogens with one attached hydrogen (secondary N) is 1. The van der Waals surface area contributed by atoms with Gasteiger partial charge in [0, 0.05) is 31.1 Å². The van der Waals surface area contributed by atoms with Gasteiger partial charge in [0.2, 0.25) is 11.0 Å². The first-order valence-corrected chi connectivity index (χ1v) is 9.22. The zero-order valence-corrected chi connectivity index (χ0v) is 16.4. The molecular formula is C16H17N9O3S. The number of hydrogen-bond acceptors (Lipinski definition) is 9. The molecule has 1 amide bonds. The van der Waals surface area contributed by atoms with Gasteiger partial charge in [0.05, 0.1) is 5.69 Å². The van der Waals surface area contributed by atoms with Gasteiger partial charge in [0.1, 0.15) is 5.01 Å². The molecule has 4 rings (SSSR count). The van der Waals surface area contributed by atoms with Gasteiger partial charge in [0.15, 0.2) is 0 Å². The van der Waals surface area contributed by atoms with E-state index in [1.165, 1.54) is 15.9 Å². The van der Waals surface area contributed by atoms with Crippen molar-refractivity contribution in [1.82, 2.24) is 39.6 Å². The Hall–Kier alpha value is -3.74. The largest absolute Gasteiger partial charge is 0.483 e. The lowest BCUT2D eigenvalue weighted by molar-refractivity contribution is -0.122. The summed E-state index contributed by atoms with van der Waals surface area (Å²) < 4.78 is 3.37. The number of rotatable bonds is 5. The summed E-state index contributed by atoms with van der Waals surface area (Å²) >= 11 is 1.32. The topological polar surface area (TPSA) is 153 Å². The molecule has 0 aliphatic carbocycles. The van der Waals surface area contributed by atoms with Gasteiger partial charge in [-0.3, -0.25) is 19.6 Å². The lowest BCUT2D eigenvalue weighted by Crippen LogP contribution is -2.13. The molecule has 0 atom stereocenters. The number of amides is 1. The van der Waals surface area contributed by atoms with Crippen LogP contribution in [0.2, 0.25) is 0 Å². The molecule has 12 nitrogen and oxygen atoms in total. The third kappa shape index (κ3) is 4.95. The van der Waals surface area contributed by atoms with Gasteiger partial charge < -0.3 is 5.11 Å². The van der Waals surface area contributed by atoms with E-state index in [-0.39, 0.29) is 12.3 Å². The summed E-state index contributed by atoms with van der Waals surface area (Å²) in [5.41, 5.74) is 2.09. The van der Waals surface area contributed by atoms with Gasteiger partial charge in [0.25, 0.3) is 18.2 Å². The van der Waals surface area contributed by atoms with Gasteiger partial charge in [-0.15, -0.1) is 15.3 Å². The minimum Gasteiger partial charge on any atom is -0.483 e. The number of aromatic nitrogens is 8. The van der Waals surface area contributed by atoms with Crippen LogP contribution in [0, 0.1) is 13.8 Å². The van der Waals surface area contributed by atoms with Crippen LogP contribution in [0.3, 0.4) is 0 Å². The second-order valence-corrected chi connectivity index (χ2v) is 6.82. The predicted molar refractivity (Wildman–Crippen MR) is 103 cm³/mol. The Morgan fingerprint density at radius 1 is 1.31 bits per heavy atom. The average molecular weight is 415 g/mol. The van der Waals surface area contributed by atoms with E-state index < -0.39 is 5.91 Å². The quantitative estimate of drug-likeness (QED) is 0.454. The summed E-state index contributed by atoms with van der Waals surface area (Å²) in [4.78, 5) is 28.7. The van der Waals surface area contributed by atoms with Gasteiger partial charge in [-0.05, 0) is 26.0 Å². The highest BCUT2D eigenvalue weighted by Crippen LogP contribution is 2.17. The van der Waals surface area contributed by atoms with Crippen molar-refractivity contribution < 1.29 is 14.7 Å².